The lowest BCUT2D eigenvalue weighted by Crippen LogP contribution is -2.51. The van der Waals surface area contributed by atoms with Crippen molar-refractivity contribution in [2.24, 2.45) is 0 Å². The summed E-state index contributed by atoms with van der Waals surface area (Å²) in [6.07, 6.45) is 0.138. The van der Waals surface area contributed by atoms with Gasteiger partial charge in [0.15, 0.2) is 0 Å². The van der Waals surface area contributed by atoms with E-state index in [9.17, 15) is 9.18 Å². The topological polar surface area (TPSA) is 44.8 Å². The summed E-state index contributed by atoms with van der Waals surface area (Å²) in [4.78, 5) is 16.1. The SMILES string of the molecule is CC(C)Oc1ccc(CNC(=O)N2CCN(c3ccccc3F)CC2)cc1. The Bertz CT molecular complexity index is 756. The lowest BCUT2D eigenvalue weighted by molar-refractivity contribution is 0.194. The molecule has 6 heteroatoms. The molecule has 0 aliphatic carbocycles. The van der Waals surface area contributed by atoms with E-state index in [0.717, 1.165) is 11.3 Å². The molecular formula is C21H26FN3O2. The number of halogens is 1. The number of piperazine rings is 1. The van der Waals surface area contributed by atoms with Crippen molar-refractivity contribution in [3.8, 4) is 5.75 Å². The molecule has 0 bridgehead atoms. The number of urea groups is 1. The number of benzene rings is 2. The summed E-state index contributed by atoms with van der Waals surface area (Å²) < 4.78 is 19.5. The van der Waals surface area contributed by atoms with Crippen LogP contribution in [0.3, 0.4) is 0 Å². The van der Waals surface area contributed by atoms with Crippen LogP contribution in [0.1, 0.15) is 19.4 Å². The Balaban J connectivity index is 1.46. The summed E-state index contributed by atoms with van der Waals surface area (Å²) in [5.74, 6) is 0.602. The lowest BCUT2D eigenvalue weighted by atomic mass is 10.2. The fourth-order valence-electron chi connectivity index (χ4n) is 3.11. The highest BCUT2D eigenvalue weighted by Gasteiger charge is 2.22. The molecule has 0 atom stereocenters. The van der Waals surface area contributed by atoms with Gasteiger partial charge in [-0.25, -0.2) is 9.18 Å². The van der Waals surface area contributed by atoms with E-state index in [0.29, 0.717) is 38.4 Å². The first-order valence-corrected chi connectivity index (χ1v) is 9.31. The molecule has 2 amide bonds. The average Bonchev–Trinajstić information content (AvgIpc) is 2.67. The minimum atomic E-state index is -0.222. The second kappa shape index (κ2) is 8.75. The van der Waals surface area contributed by atoms with Crippen molar-refractivity contribution >= 4 is 11.7 Å². The van der Waals surface area contributed by atoms with E-state index >= 15 is 0 Å². The number of ether oxygens (including phenoxy) is 1. The number of carbonyl (C=O) groups is 1. The summed E-state index contributed by atoms with van der Waals surface area (Å²) in [5.41, 5.74) is 1.62. The maximum Gasteiger partial charge on any atom is 0.317 e. The van der Waals surface area contributed by atoms with Gasteiger partial charge in [-0.2, -0.15) is 0 Å². The lowest BCUT2D eigenvalue weighted by Gasteiger charge is -2.36. The van der Waals surface area contributed by atoms with Crippen LogP contribution in [0.5, 0.6) is 5.75 Å². The van der Waals surface area contributed by atoms with Crippen molar-refractivity contribution in [3.63, 3.8) is 0 Å². The molecule has 5 nitrogen and oxygen atoms in total. The van der Waals surface area contributed by atoms with Crippen molar-refractivity contribution < 1.29 is 13.9 Å². The number of hydrogen-bond acceptors (Lipinski definition) is 3. The van der Waals surface area contributed by atoms with E-state index < -0.39 is 0 Å². The van der Waals surface area contributed by atoms with E-state index in [1.807, 2.05) is 49.1 Å². The summed E-state index contributed by atoms with van der Waals surface area (Å²) in [6, 6.07) is 14.4. The number of anilines is 1. The molecule has 1 fully saturated rings. The normalized spacial score (nSPS) is 14.4. The minimum absolute atomic E-state index is 0.0920. The number of rotatable bonds is 5. The van der Waals surface area contributed by atoms with Gasteiger partial charge in [0, 0.05) is 32.7 Å². The molecule has 1 N–H and O–H groups in total. The number of carbonyl (C=O) groups excluding carboxylic acids is 1. The predicted octanol–water partition coefficient (Wildman–Crippen LogP) is 3.64. The zero-order valence-electron chi connectivity index (χ0n) is 15.8. The Morgan fingerprint density at radius 3 is 2.37 bits per heavy atom. The van der Waals surface area contributed by atoms with E-state index in [-0.39, 0.29) is 18.0 Å². The van der Waals surface area contributed by atoms with Crippen LogP contribution in [0.15, 0.2) is 48.5 Å². The quantitative estimate of drug-likeness (QED) is 0.873. The van der Waals surface area contributed by atoms with E-state index in [2.05, 4.69) is 5.32 Å². The first-order chi connectivity index (χ1) is 13.0. The third-order valence-electron chi connectivity index (χ3n) is 4.50. The van der Waals surface area contributed by atoms with Crippen LogP contribution in [0.25, 0.3) is 0 Å². The number of amides is 2. The first kappa shape index (κ1) is 19.0. The molecular weight excluding hydrogens is 345 g/mol. The molecule has 1 heterocycles. The fraction of sp³-hybridized carbons (Fsp3) is 0.381. The fourth-order valence-corrected chi connectivity index (χ4v) is 3.11. The Kier molecular flexibility index (Phi) is 6.16. The summed E-state index contributed by atoms with van der Waals surface area (Å²) in [5, 5.41) is 2.95. The highest BCUT2D eigenvalue weighted by molar-refractivity contribution is 5.74. The zero-order chi connectivity index (χ0) is 19.2. The Labute approximate surface area is 159 Å². The van der Waals surface area contributed by atoms with Gasteiger partial charge in [0.05, 0.1) is 11.8 Å². The van der Waals surface area contributed by atoms with Crippen LogP contribution in [-0.2, 0) is 6.54 Å². The summed E-state index contributed by atoms with van der Waals surface area (Å²) in [6.45, 7) is 6.82. The molecule has 0 saturated carbocycles. The van der Waals surface area contributed by atoms with Crippen molar-refractivity contribution in [1.29, 1.82) is 0 Å². The maximum atomic E-state index is 13.9. The van der Waals surface area contributed by atoms with Crippen LogP contribution >= 0.6 is 0 Å². The van der Waals surface area contributed by atoms with Crippen molar-refractivity contribution in [3.05, 3.63) is 59.9 Å². The summed E-state index contributed by atoms with van der Waals surface area (Å²) >= 11 is 0. The Morgan fingerprint density at radius 1 is 1.07 bits per heavy atom. The van der Waals surface area contributed by atoms with Gasteiger partial charge in [0.1, 0.15) is 11.6 Å². The van der Waals surface area contributed by atoms with Crippen LogP contribution in [-0.4, -0.2) is 43.2 Å². The minimum Gasteiger partial charge on any atom is -0.491 e. The molecule has 2 aromatic rings. The van der Waals surface area contributed by atoms with E-state index in [1.54, 1.807) is 17.0 Å². The highest BCUT2D eigenvalue weighted by Crippen LogP contribution is 2.20. The van der Waals surface area contributed by atoms with E-state index in [1.165, 1.54) is 6.07 Å². The molecule has 0 radical (unpaired) electrons. The van der Waals surface area contributed by atoms with Gasteiger partial charge in [0.2, 0.25) is 0 Å². The molecule has 0 unspecified atom stereocenters. The van der Waals surface area contributed by atoms with Crippen LogP contribution in [0.4, 0.5) is 14.9 Å². The molecule has 2 aromatic carbocycles. The Hall–Kier alpha value is -2.76. The number of nitrogens with one attached hydrogen (secondary N) is 1. The third kappa shape index (κ3) is 5.12. The number of hydrogen-bond donors (Lipinski definition) is 1. The second-order valence-corrected chi connectivity index (χ2v) is 6.89. The smallest absolute Gasteiger partial charge is 0.317 e. The molecule has 1 saturated heterocycles. The molecule has 144 valence electrons. The highest BCUT2D eigenvalue weighted by atomic mass is 19.1. The van der Waals surface area contributed by atoms with Gasteiger partial charge >= 0.3 is 6.03 Å². The largest absolute Gasteiger partial charge is 0.491 e. The third-order valence-corrected chi connectivity index (χ3v) is 4.50. The van der Waals surface area contributed by atoms with Gasteiger partial charge in [-0.05, 0) is 43.7 Å². The van der Waals surface area contributed by atoms with Gasteiger partial charge in [0.25, 0.3) is 0 Å². The number of para-hydroxylation sites is 1. The number of nitrogens with zero attached hydrogens (tertiary/aromatic N) is 2. The van der Waals surface area contributed by atoms with Crippen molar-refractivity contribution in [2.75, 3.05) is 31.1 Å². The van der Waals surface area contributed by atoms with Gasteiger partial charge < -0.3 is 19.9 Å². The zero-order valence-corrected chi connectivity index (χ0v) is 15.8. The van der Waals surface area contributed by atoms with E-state index in [4.69, 9.17) is 4.74 Å². The Morgan fingerprint density at radius 2 is 1.74 bits per heavy atom. The first-order valence-electron chi connectivity index (χ1n) is 9.31. The van der Waals surface area contributed by atoms with Gasteiger partial charge in [-0.1, -0.05) is 24.3 Å². The average molecular weight is 371 g/mol. The summed E-state index contributed by atoms with van der Waals surface area (Å²) in [7, 11) is 0. The molecule has 0 aromatic heterocycles. The molecule has 0 spiro atoms. The van der Waals surface area contributed by atoms with Gasteiger partial charge in [-0.3, -0.25) is 0 Å². The van der Waals surface area contributed by atoms with Crippen molar-refractivity contribution in [2.45, 2.75) is 26.5 Å². The second-order valence-electron chi connectivity index (χ2n) is 6.89. The van der Waals surface area contributed by atoms with Crippen LogP contribution < -0.4 is 15.0 Å². The maximum absolute atomic E-state index is 13.9. The standard InChI is InChI=1S/C21H26FN3O2/c1-16(2)27-18-9-7-17(8-10-18)15-23-21(26)25-13-11-24(12-14-25)20-6-4-3-5-19(20)22/h3-10,16H,11-15H2,1-2H3,(H,23,26). The van der Waals surface area contributed by atoms with Gasteiger partial charge in [-0.15, -0.1) is 0 Å². The van der Waals surface area contributed by atoms with Crippen LogP contribution in [0, 0.1) is 5.82 Å². The predicted molar refractivity (Wildman–Crippen MR) is 105 cm³/mol. The molecule has 1 aliphatic heterocycles. The van der Waals surface area contributed by atoms with Crippen LogP contribution in [0.2, 0.25) is 0 Å². The molecule has 1 aliphatic rings. The monoisotopic (exact) mass is 371 g/mol. The van der Waals surface area contributed by atoms with Crippen molar-refractivity contribution in [1.82, 2.24) is 10.2 Å². The molecule has 3 rings (SSSR count). The molecule has 27 heavy (non-hydrogen) atoms.